The van der Waals surface area contributed by atoms with Gasteiger partial charge in [0.1, 0.15) is 0 Å². The van der Waals surface area contributed by atoms with E-state index < -0.39 is 0 Å². The van der Waals surface area contributed by atoms with Gasteiger partial charge in [0.2, 0.25) is 0 Å². The molecule has 5 nitrogen and oxygen atoms in total. The number of benzene rings is 1. The average Bonchev–Trinajstić information content (AvgIpc) is 2.82. The summed E-state index contributed by atoms with van der Waals surface area (Å²) in [4.78, 5) is 13.7. The Bertz CT molecular complexity index is 585. The minimum atomic E-state index is -0.335. The van der Waals surface area contributed by atoms with E-state index in [1.165, 1.54) is 5.56 Å². The second-order valence-corrected chi connectivity index (χ2v) is 4.76. The highest BCUT2D eigenvalue weighted by Gasteiger charge is 2.19. The molecule has 5 heteroatoms. The highest BCUT2D eigenvalue weighted by molar-refractivity contribution is 5.85. The van der Waals surface area contributed by atoms with Crippen LogP contribution in [0.5, 0.6) is 0 Å². The van der Waals surface area contributed by atoms with E-state index in [9.17, 15) is 10.1 Å². The van der Waals surface area contributed by atoms with Gasteiger partial charge in [-0.1, -0.05) is 0 Å². The molecule has 0 radical (unpaired) electrons. The molecule has 0 atom stereocenters. The second kappa shape index (κ2) is 4.42. The fraction of sp³-hybridized carbons (Fsp3) is 0.385. The van der Waals surface area contributed by atoms with Crippen molar-refractivity contribution in [2.45, 2.75) is 18.8 Å². The molecule has 1 aliphatic heterocycles. The van der Waals surface area contributed by atoms with Crippen LogP contribution in [0.15, 0.2) is 24.4 Å². The molecule has 2 N–H and O–H groups in total. The molecule has 0 amide bonds. The normalized spacial score (nSPS) is 17.1. The summed E-state index contributed by atoms with van der Waals surface area (Å²) in [5, 5.41) is 15.2. The van der Waals surface area contributed by atoms with Gasteiger partial charge in [-0.3, -0.25) is 10.1 Å². The number of non-ortho nitro benzene ring substituents is 1. The van der Waals surface area contributed by atoms with E-state index in [0.29, 0.717) is 5.92 Å². The lowest BCUT2D eigenvalue weighted by molar-refractivity contribution is -0.384. The third kappa shape index (κ3) is 1.86. The van der Waals surface area contributed by atoms with Crippen molar-refractivity contribution in [2.75, 3.05) is 13.1 Å². The molecule has 94 valence electrons. The summed E-state index contributed by atoms with van der Waals surface area (Å²) in [6.45, 7) is 2.04. The molecule has 1 saturated heterocycles. The highest BCUT2D eigenvalue weighted by Crippen LogP contribution is 2.33. The lowest BCUT2D eigenvalue weighted by Crippen LogP contribution is -2.26. The predicted molar refractivity (Wildman–Crippen MR) is 69.8 cm³/mol. The molecule has 1 aliphatic rings. The van der Waals surface area contributed by atoms with Crippen molar-refractivity contribution < 1.29 is 4.92 Å². The van der Waals surface area contributed by atoms with Crippen LogP contribution in [0.3, 0.4) is 0 Å². The highest BCUT2D eigenvalue weighted by atomic mass is 16.6. The number of hydrogen-bond acceptors (Lipinski definition) is 3. The van der Waals surface area contributed by atoms with Gasteiger partial charge in [0, 0.05) is 29.2 Å². The van der Waals surface area contributed by atoms with Crippen LogP contribution in [0.2, 0.25) is 0 Å². The summed E-state index contributed by atoms with van der Waals surface area (Å²) in [5.74, 6) is 0.502. The van der Waals surface area contributed by atoms with Crippen LogP contribution in [0.25, 0.3) is 10.9 Å². The number of rotatable bonds is 2. The van der Waals surface area contributed by atoms with Gasteiger partial charge in [-0.05, 0) is 43.5 Å². The Morgan fingerprint density at radius 2 is 2.06 bits per heavy atom. The number of nitro benzene ring substituents is 1. The van der Waals surface area contributed by atoms with Gasteiger partial charge in [-0.15, -0.1) is 0 Å². The first-order valence-electron chi connectivity index (χ1n) is 6.22. The maximum Gasteiger partial charge on any atom is 0.270 e. The Morgan fingerprint density at radius 3 is 2.78 bits per heavy atom. The number of aromatic amines is 1. The van der Waals surface area contributed by atoms with Crippen molar-refractivity contribution >= 4 is 16.6 Å². The molecule has 1 fully saturated rings. The smallest absolute Gasteiger partial charge is 0.270 e. The van der Waals surface area contributed by atoms with E-state index in [4.69, 9.17) is 0 Å². The zero-order valence-electron chi connectivity index (χ0n) is 9.98. The maximum absolute atomic E-state index is 10.8. The first-order chi connectivity index (χ1) is 8.75. The third-order valence-corrected chi connectivity index (χ3v) is 3.69. The van der Waals surface area contributed by atoms with Gasteiger partial charge in [0.25, 0.3) is 5.69 Å². The molecule has 18 heavy (non-hydrogen) atoms. The van der Waals surface area contributed by atoms with Gasteiger partial charge in [0.05, 0.1) is 4.92 Å². The molecule has 0 bridgehead atoms. The lowest BCUT2D eigenvalue weighted by Gasteiger charge is -2.22. The topological polar surface area (TPSA) is 71.0 Å². The number of hydrogen-bond donors (Lipinski definition) is 2. The number of aromatic nitrogens is 1. The van der Waals surface area contributed by atoms with Crippen LogP contribution in [0.1, 0.15) is 24.3 Å². The Hall–Kier alpha value is -1.88. The summed E-state index contributed by atoms with van der Waals surface area (Å²) in [6.07, 6.45) is 4.19. The number of fused-ring (bicyclic) bond motifs is 1. The molecule has 3 rings (SSSR count). The van der Waals surface area contributed by atoms with Gasteiger partial charge in [-0.25, -0.2) is 0 Å². The second-order valence-electron chi connectivity index (χ2n) is 4.76. The summed E-state index contributed by atoms with van der Waals surface area (Å²) in [5.41, 5.74) is 2.36. The van der Waals surface area contributed by atoms with Crippen molar-refractivity contribution in [1.29, 1.82) is 0 Å². The molecule has 0 saturated carbocycles. The molecule has 2 heterocycles. The number of nitro groups is 1. The first kappa shape index (κ1) is 11.2. The molecule has 1 aromatic heterocycles. The fourth-order valence-electron chi connectivity index (χ4n) is 2.71. The Labute approximate surface area is 104 Å². The lowest BCUT2D eigenvalue weighted by atomic mass is 9.90. The predicted octanol–water partition coefficient (Wildman–Crippen LogP) is 2.54. The Morgan fingerprint density at radius 1 is 1.28 bits per heavy atom. The van der Waals surface area contributed by atoms with E-state index in [1.54, 1.807) is 18.2 Å². The van der Waals surface area contributed by atoms with Gasteiger partial charge in [0.15, 0.2) is 0 Å². The summed E-state index contributed by atoms with van der Waals surface area (Å²) < 4.78 is 0. The van der Waals surface area contributed by atoms with Gasteiger partial charge in [-0.2, -0.15) is 0 Å². The van der Waals surface area contributed by atoms with Gasteiger partial charge < -0.3 is 10.3 Å². The maximum atomic E-state index is 10.8. The van der Waals surface area contributed by atoms with E-state index in [-0.39, 0.29) is 10.6 Å². The zero-order chi connectivity index (χ0) is 12.5. The van der Waals surface area contributed by atoms with Crippen molar-refractivity contribution in [3.8, 4) is 0 Å². The Balaban J connectivity index is 2.05. The number of nitrogens with one attached hydrogen (secondary N) is 2. The van der Waals surface area contributed by atoms with E-state index in [2.05, 4.69) is 10.3 Å². The fourth-order valence-corrected chi connectivity index (χ4v) is 2.71. The van der Waals surface area contributed by atoms with Crippen molar-refractivity contribution in [3.63, 3.8) is 0 Å². The zero-order valence-corrected chi connectivity index (χ0v) is 9.98. The molecule has 0 spiro atoms. The van der Waals surface area contributed by atoms with Crippen LogP contribution < -0.4 is 5.32 Å². The largest absolute Gasteiger partial charge is 0.361 e. The first-order valence-corrected chi connectivity index (χ1v) is 6.22. The minimum absolute atomic E-state index is 0.164. The Kier molecular flexibility index (Phi) is 2.76. The van der Waals surface area contributed by atoms with E-state index >= 15 is 0 Å². The molecular weight excluding hydrogens is 230 g/mol. The summed E-state index contributed by atoms with van der Waals surface area (Å²) in [6, 6.07) is 5.02. The van der Waals surface area contributed by atoms with Crippen molar-refractivity contribution in [1.82, 2.24) is 10.3 Å². The monoisotopic (exact) mass is 245 g/mol. The van der Waals surface area contributed by atoms with E-state index in [0.717, 1.165) is 36.8 Å². The molecule has 1 aromatic carbocycles. The SMILES string of the molecule is O=[N+]([O-])c1ccc2[nH]cc(C3CCNCC3)c2c1. The van der Waals surface area contributed by atoms with Crippen LogP contribution in [0, 0.1) is 10.1 Å². The molecule has 0 aliphatic carbocycles. The van der Waals surface area contributed by atoms with Gasteiger partial charge >= 0.3 is 0 Å². The average molecular weight is 245 g/mol. The van der Waals surface area contributed by atoms with Crippen molar-refractivity contribution in [2.24, 2.45) is 0 Å². The molecule has 0 unspecified atom stereocenters. The molecule has 2 aromatic rings. The quantitative estimate of drug-likeness (QED) is 0.631. The number of piperidine rings is 1. The summed E-state index contributed by atoms with van der Waals surface area (Å²) in [7, 11) is 0. The third-order valence-electron chi connectivity index (χ3n) is 3.69. The molecular formula is C13H15N3O2. The van der Waals surface area contributed by atoms with Crippen LogP contribution in [-0.2, 0) is 0 Å². The minimum Gasteiger partial charge on any atom is -0.361 e. The van der Waals surface area contributed by atoms with Crippen molar-refractivity contribution in [3.05, 3.63) is 40.1 Å². The number of nitrogens with zero attached hydrogens (tertiary/aromatic N) is 1. The van der Waals surface area contributed by atoms with E-state index in [1.807, 2.05) is 6.20 Å². The summed E-state index contributed by atoms with van der Waals surface area (Å²) >= 11 is 0. The van der Waals surface area contributed by atoms with Crippen LogP contribution >= 0.6 is 0 Å². The van der Waals surface area contributed by atoms with Crippen LogP contribution in [0.4, 0.5) is 5.69 Å². The standard InChI is InChI=1S/C13H15N3O2/c17-16(18)10-1-2-13-11(7-10)12(8-15-13)9-3-5-14-6-4-9/h1-2,7-9,14-15H,3-6H2. The number of H-pyrrole nitrogens is 1. The van der Waals surface area contributed by atoms with Crippen LogP contribution in [-0.4, -0.2) is 23.0 Å².